The molecule has 0 heterocycles. The minimum atomic E-state index is -0.344. The summed E-state index contributed by atoms with van der Waals surface area (Å²) in [6, 6.07) is 3.61. The number of benzene rings is 1. The molecule has 0 atom stereocenters. The van der Waals surface area contributed by atoms with Crippen LogP contribution in [0, 0.1) is 24.2 Å². The molecule has 0 radical (unpaired) electrons. The summed E-state index contributed by atoms with van der Waals surface area (Å²) in [5.41, 5.74) is 1.26. The summed E-state index contributed by atoms with van der Waals surface area (Å²) in [6.45, 7) is 1.92. The van der Waals surface area contributed by atoms with Crippen LogP contribution >= 0.6 is 45.2 Å². The van der Waals surface area contributed by atoms with Crippen molar-refractivity contribution < 1.29 is 4.92 Å². The Balaban J connectivity index is 3.38. The van der Waals surface area contributed by atoms with Crippen molar-refractivity contribution in [2.45, 2.75) is 6.92 Å². The Morgan fingerprint density at radius 2 is 1.75 bits per heavy atom. The van der Waals surface area contributed by atoms with Gasteiger partial charge in [0.2, 0.25) is 0 Å². The predicted molar refractivity (Wildman–Crippen MR) is 63.3 cm³/mol. The van der Waals surface area contributed by atoms with Gasteiger partial charge in [0.25, 0.3) is 5.69 Å². The number of aryl methyl sites for hydroxylation is 1. The Labute approximate surface area is 97.0 Å². The van der Waals surface area contributed by atoms with Crippen LogP contribution in [0.25, 0.3) is 0 Å². The fraction of sp³-hybridized carbons (Fsp3) is 0.143. The van der Waals surface area contributed by atoms with Gasteiger partial charge < -0.3 is 0 Å². The largest absolute Gasteiger partial charge is 0.295 e. The third kappa shape index (κ3) is 2.06. The topological polar surface area (TPSA) is 43.1 Å². The van der Waals surface area contributed by atoms with Crippen LogP contribution in [-0.2, 0) is 0 Å². The SMILES string of the molecule is Cc1cc(I)c([N+](=O)[O-])c(I)c1. The maximum absolute atomic E-state index is 10.5. The van der Waals surface area contributed by atoms with Crippen LogP contribution in [0.4, 0.5) is 5.69 Å². The monoisotopic (exact) mass is 389 g/mol. The molecule has 0 unspecified atom stereocenters. The van der Waals surface area contributed by atoms with Crippen molar-refractivity contribution in [2.75, 3.05) is 0 Å². The minimum absolute atomic E-state index is 0.210. The van der Waals surface area contributed by atoms with E-state index in [1.54, 1.807) is 12.1 Å². The Kier molecular flexibility index (Phi) is 3.27. The summed E-state index contributed by atoms with van der Waals surface area (Å²) in [7, 11) is 0. The molecule has 3 nitrogen and oxygen atoms in total. The highest BCUT2D eigenvalue weighted by Crippen LogP contribution is 2.27. The average molecular weight is 389 g/mol. The Hall–Kier alpha value is 0.0800. The molecule has 5 heteroatoms. The Morgan fingerprint density at radius 1 is 1.33 bits per heavy atom. The lowest BCUT2D eigenvalue weighted by atomic mass is 10.2. The highest BCUT2D eigenvalue weighted by molar-refractivity contribution is 14.1. The maximum atomic E-state index is 10.5. The van der Waals surface area contributed by atoms with Gasteiger partial charge in [0.1, 0.15) is 0 Å². The Morgan fingerprint density at radius 3 is 2.08 bits per heavy atom. The van der Waals surface area contributed by atoms with Gasteiger partial charge in [0.15, 0.2) is 0 Å². The molecule has 0 aliphatic rings. The lowest BCUT2D eigenvalue weighted by molar-refractivity contribution is -0.386. The third-order valence-electron chi connectivity index (χ3n) is 1.34. The first-order chi connectivity index (χ1) is 5.52. The van der Waals surface area contributed by atoms with E-state index in [9.17, 15) is 10.1 Å². The molecule has 0 aliphatic heterocycles. The number of rotatable bonds is 1. The molecule has 1 aromatic carbocycles. The summed E-state index contributed by atoms with van der Waals surface area (Å²) in [5, 5.41) is 10.5. The average Bonchev–Trinajstić information content (AvgIpc) is 1.82. The minimum Gasteiger partial charge on any atom is -0.258 e. The van der Waals surface area contributed by atoms with Crippen LogP contribution in [0.5, 0.6) is 0 Å². The lowest BCUT2D eigenvalue weighted by Gasteiger charge is -1.99. The van der Waals surface area contributed by atoms with Gasteiger partial charge >= 0.3 is 0 Å². The van der Waals surface area contributed by atoms with E-state index >= 15 is 0 Å². The first-order valence-electron chi connectivity index (χ1n) is 3.12. The molecule has 0 spiro atoms. The lowest BCUT2D eigenvalue weighted by Crippen LogP contribution is -1.95. The van der Waals surface area contributed by atoms with Crippen LogP contribution < -0.4 is 0 Å². The zero-order valence-electron chi connectivity index (χ0n) is 6.17. The number of hydrogen-bond donors (Lipinski definition) is 0. The summed E-state index contributed by atoms with van der Waals surface area (Å²) < 4.78 is 1.39. The number of hydrogen-bond acceptors (Lipinski definition) is 2. The van der Waals surface area contributed by atoms with E-state index < -0.39 is 0 Å². The molecule has 1 rings (SSSR count). The summed E-state index contributed by atoms with van der Waals surface area (Å²) in [6.07, 6.45) is 0. The first kappa shape index (κ1) is 10.2. The van der Waals surface area contributed by atoms with E-state index in [1.165, 1.54) is 0 Å². The molecule has 0 fully saturated rings. The maximum Gasteiger partial charge on any atom is 0.295 e. The second kappa shape index (κ2) is 3.86. The van der Waals surface area contributed by atoms with Gasteiger partial charge in [0.05, 0.1) is 12.1 Å². The van der Waals surface area contributed by atoms with Gasteiger partial charge in [-0.15, -0.1) is 0 Å². The molecule has 1 aromatic rings. The molecule has 0 N–H and O–H groups in total. The van der Waals surface area contributed by atoms with E-state index in [2.05, 4.69) is 0 Å². The van der Waals surface area contributed by atoms with Gasteiger partial charge in [-0.2, -0.15) is 0 Å². The number of halogens is 2. The van der Waals surface area contributed by atoms with E-state index in [0.29, 0.717) is 7.14 Å². The van der Waals surface area contributed by atoms with Gasteiger partial charge in [-0.05, 0) is 69.8 Å². The number of nitro groups is 1. The second-order valence-corrected chi connectivity index (χ2v) is 4.66. The second-order valence-electron chi connectivity index (χ2n) is 2.33. The van der Waals surface area contributed by atoms with Crippen LogP contribution in [0.3, 0.4) is 0 Å². The molecule has 0 saturated heterocycles. The van der Waals surface area contributed by atoms with Crippen molar-refractivity contribution in [1.29, 1.82) is 0 Å². The molecule has 0 aliphatic carbocycles. The van der Waals surface area contributed by atoms with E-state index in [-0.39, 0.29) is 10.6 Å². The van der Waals surface area contributed by atoms with E-state index in [0.717, 1.165) is 5.56 Å². The normalized spacial score (nSPS) is 9.92. The highest BCUT2D eigenvalue weighted by Gasteiger charge is 2.16. The van der Waals surface area contributed by atoms with E-state index in [4.69, 9.17) is 0 Å². The molecule has 0 bridgehead atoms. The Bertz CT molecular complexity index is 315. The van der Waals surface area contributed by atoms with Crippen LogP contribution in [0.2, 0.25) is 0 Å². The third-order valence-corrected chi connectivity index (χ3v) is 2.99. The zero-order chi connectivity index (χ0) is 9.30. The fourth-order valence-electron chi connectivity index (χ4n) is 0.867. The molecule has 0 aromatic heterocycles. The van der Waals surface area contributed by atoms with Crippen molar-refractivity contribution in [2.24, 2.45) is 0 Å². The van der Waals surface area contributed by atoms with Crippen molar-refractivity contribution in [3.8, 4) is 0 Å². The van der Waals surface area contributed by atoms with Gasteiger partial charge in [-0.25, -0.2) is 0 Å². The van der Waals surface area contributed by atoms with Crippen molar-refractivity contribution >= 4 is 50.9 Å². The highest BCUT2D eigenvalue weighted by atomic mass is 127. The summed E-state index contributed by atoms with van der Waals surface area (Å²) in [5.74, 6) is 0. The van der Waals surface area contributed by atoms with Crippen LogP contribution in [-0.4, -0.2) is 4.92 Å². The molecule has 12 heavy (non-hydrogen) atoms. The first-order valence-corrected chi connectivity index (χ1v) is 5.28. The molecule has 0 amide bonds. The summed E-state index contributed by atoms with van der Waals surface area (Å²) in [4.78, 5) is 10.2. The number of nitro benzene ring substituents is 1. The quantitative estimate of drug-likeness (QED) is 0.421. The van der Waals surface area contributed by atoms with Crippen molar-refractivity contribution in [3.05, 3.63) is 35.0 Å². The summed E-state index contributed by atoms with van der Waals surface area (Å²) >= 11 is 3.96. The van der Waals surface area contributed by atoms with Gasteiger partial charge in [-0.3, -0.25) is 10.1 Å². The van der Waals surface area contributed by atoms with E-state index in [1.807, 2.05) is 52.1 Å². The van der Waals surface area contributed by atoms with Crippen molar-refractivity contribution in [1.82, 2.24) is 0 Å². The number of nitrogens with zero attached hydrogens (tertiary/aromatic N) is 1. The fourth-order valence-corrected chi connectivity index (χ4v) is 3.34. The standard InChI is InChI=1S/C7H5I2NO2/c1-4-2-5(8)7(10(11)12)6(9)3-4/h2-3H,1H3. The smallest absolute Gasteiger partial charge is 0.258 e. The van der Waals surface area contributed by atoms with Crippen molar-refractivity contribution in [3.63, 3.8) is 0 Å². The predicted octanol–water partition coefficient (Wildman–Crippen LogP) is 3.11. The molecule has 64 valence electrons. The van der Waals surface area contributed by atoms with Gasteiger partial charge in [0, 0.05) is 0 Å². The zero-order valence-corrected chi connectivity index (χ0v) is 10.5. The van der Waals surface area contributed by atoms with Crippen LogP contribution in [0.1, 0.15) is 5.56 Å². The molecular weight excluding hydrogens is 384 g/mol. The van der Waals surface area contributed by atoms with Gasteiger partial charge in [-0.1, -0.05) is 0 Å². The molecule has 0 saturated carbocycles. The van der Waals surface area contributed by atoms with Crippen LogP contribution in [0.15, 0.2) is 12.1 Å². The molecular formula is C7H5I2NO2.